The van der Waals surface area contributed by atoms with Crippen molar-refractivity contribution < 1.29 is 13.9 Å². The highest BCUT2D eigenvalue weighted by molar-refractivity contribution is 7.99. The molecule has 1 aromatic heterocycles. The lowest BCUT2D eigenvalue weighted by molar-refractivity contribution is -0.119. The molecule has 30 heavy (non-hydrogen) atoms. The molecule has 1 atom stereocenters. The maximum Gasteiger partial charge on any atom is 0.277 e. The van der Waals surface area contributed by atoms with E-state index in [1.165, 1.54) is 17.3 Å². The number of carbonyl (C=O) groups is 1. The van der Waals surface area contributed by atoms with E-state index >= 15 is 0 Å². The van der Waals surface area contributed by atoms with Crippen molar-refractivity contribution in [3.8, 4) is 17.2 Å². The Bertz CT molecular complexity index is 1020. The topological polar surface area (TPSA) is 77.2 Å². The van der Waals surface area contributed by atoms with Gasteiger partial charge in [0.2, 0.25) is 11.8 Å². The molecule has 0 saturated heterocycles. The highest BCUT2D eigenvalue weighted by Gasteiger charge is 2.23. The van der Waals surface area contributed by atoms with Crippen LogP contribution in [0.1, 0.15) is 44.4 Å². The van der Waals surface area contributed by atoms with E-state index in [2.05, 4.69) is 48.4 Å². The van der Waals surface area contributed by atoms with Crippen LogP contribution in [0.25, 0.3) is 11.5 Å². The normalized spacial score (nSPS) is 15.9. The summed E-state index contributed by atoms with van der Waals surface area (Å²) in [4.78, 5) is 12.4. The number of carbonyl (C=O) groups excluding carboxylic acids is 1. The van der Waals surface area contributed by atoms with Crippen LogP contribution in [-0.2, 0) is 10.2 Å². The first kappa shape index (κ1) is 20.5. The van der Waals surface area contributed by atoms with Crippen LogP contribution in [0.5, 0.6) is 5.75 Å². The molecule has 0 spiro atoms. The maximum atomic E-state index is 12.4. The van der Waals surface area contributed by atoms with E-state index < -0.39 is 0 Å². The molecule has 6 nitrogen and oxygen atoms in total. The number of fused-ring (bicyclic) bond motifs is 1. The van der Waals surface area contributed by atoms with Gasteiger partial charge >= 0.3 is 0 Å². The summed E-state index contributed by atoms with van der Waals surface area (Å²) in [5, 5.41) is 11.6. The zero-order valence-electron chi connectivity index (χ0n) is 17.3. The van der Waals surface area contributed by atoms with Crippen molar-refractivity contribution in [2.75, 3.05) is 12.4 Å². The summed E-state index contributed by atoms with van der Waals surface area (Å²) in [7, 11) is 0. The van der Waals surface area contributed by atoms with Crippen molar-refractivity contribution in [2.45, 2.75) is 43.9 Å². The van der Waals surface area contributed by atoms with E-state index in [1.54, 1.807) is 0 Å². The van der Waals surface area contributed by atoms with E-state index in [4.69, 9.17) is 9.15 Å². The minimum Gasteiger partial charge on any atom is -0.493 e. The first-order valence-electron chi connectivity index (χ1n) is 9.98. The van der Waals surface area contributed by atoms with E-state index in [1.807, 2.05) is 36.4 Å². The van der Waals surface area contributed by atoms with Gasteiger partial charge in [-0.05, 0) is 29.2 Å². The Balaban J connectivity index is 1.34. The molecule has 3 aromatic rings. The zero-order valence-corrected chi connectivity index (χ0v) is 18.2. The maximum absolute atomic E-state index is 12.4. The van der Waals surface area contributed by atoms with Gasteiger partial charge in [-0.3, -0.25) is 4.79 Å². The van der Waals surface area contributed by atoms with Crippen LogP contribution < -0.4 is 10.1 Å². The number of hydrogen-bond donors (Lipinski definition) is 1. The standard InChI is InChI=1S/C23H25N3O3S/c1-23(2,3)16-10-8-15(9-11-16)21-25-26-22(29-21)30-14-20(27)24-18-12-13-28-19-7-5-4-6-17(18)19/h4-11,18H,12-14H2,1-3H3,(H,24,27). The lowest BCUT2D eigenvalue weighted by Gasteiger charge is -2.26. The lowest BCUT2D eigenvalue weighted by atomic mass is 9.87. The molecule has 0 aliphatic carbocycles. The molecule has 0 fully saturated rings. The van der Waals surface area contributed by atoms with Crippen LogP contribution in [-0.4, -0.2) is 28.5 Å². The summed E-state index contributed by atoms with van der Waals surface area (Å²) < 4.78 is 11.4. The van der Waals surface area contributed by atoms with Gasteiger partial charge in [0, 0.05) is 17.5 Å². The minimum atomic E-state index is -0.0732. The van der Waals surface area contributed by atoms with Gasteiger partial charge in [-0.15, -0.1) is 10.2 Å². The Kier molecular flexibility index (Phi) is 5.81. The number of hydrogen-bond acceptors (Lipinski definition) is 6. The van der Waals surface area contributed by atoms with E-state index in [-0.39, 0.29) is 23.1 Å². The number of nitrogens with zero attached hydrogens (tertiary/aromatic N) is 2. The first-order chi connectivity index (χ1) is 14.4. The molecule has 2 aromatic carbocycles. The Hall–Kier alpha value is -2.80. The molecular formula is C23H25N3O3S. The fraction of sp³-hybridized carbons (Fsp3) is 0.348. The lowest BCUT2D eigenvalue weighted by Crippen LogP contribution is -2.33. The molecular weight excluding hydrogens is 398 g/mol. The first-order valence-corrected chi connectivity index (χ1v) is 11.0. The van der Waals surface area contributed by atoms with Gasteiger partial charge in [0.25, 0.3) is 5.22 Å². The molecule has 1 aliphatic heterocycles. The van der Waals surface area contributed by atoms with E-state index in [9.17, 15) is 4.79 Å². The predicted molar refractivity (Wildman–Crippen MR) is 117 cm³/mol. The van der Waals surface area contributed by atoms with Gasteiger partial charge in [0.05, 0.1) is 18.4 Å². The largest absolute Gasteiger partial charge is 0.493 e. The van der Waals surface area contributed by atoms with Gasteiger partial charge in [-0.25, -0.2) is 0 Å². The van der Waals surface area contributed by atoms with Crippen LogP contribution in [0.15, 0.2) is 58.2 Å². The average molecular weight is 424 g/mol. The molecule has 0 saturated carbocycles. The van der Waals surface area contributed by atoms with Crippen LogP contribution in [0, 0.1) is 0 Å². The van der Waals surface area contributed by atoms with Crippen LogP contribution >= 0.6 is 11.8 Å². The Morgan fingerprint density at radius 2 is 1.90 bits per heavy atom. The molecule has 1 amide bonds. The molecule has 1 unspecified atom stereocenters. The number of para-hydroxylation sites is 1. The summed E-state index contributed by atoms with van der Waals surface area (Å²) in [5.74, 6) is 1.43. The van der Waals surface area contributed by atoms with E-state index in [0.717, 1.165) is 23.3 Å². The summed E-state index contributed by atoms with van der Waals surface area (Å²) in [6.07, 6.45) is 0.753. The number of ether oxygens (including phenoxy) is 1. The van der Waals surface area contributed by atoms with Crippen molar-refractivity contribution in [2.24, 2.45) is 0 Å². The monoisotopic (exact) mass is 423 g/mol. The van der Waals surface area contributed by atoms with Gasteiger partial charge in [0.15, 0.2) is 0 Å². The van der Waals surface area contributed by atoms with Gasteiger partial charge in [-0.1, -0.05) is 62.9 Å². The predicted octanol–water partition coefficient (Wildman–Crippen LogP) is 4.77. The number of rotatable bonds is 5. The van der Waals surface area contributed by atoms with Crippen molar-refractivity contribution in [1.29, 1.82) is 0 Å². The SMILES string of the molecule is CC(C)(C)c1ccc(-c2nnc(SCC(=O)NC3CCOc4ccccc43)o2)cc1. The van der Waals surface area contributed by atoms with Gasteiger partial charge in [0.1, 0.15) is 5.75 Å². The summed E-state index contributed by atoms with van der Waals surface area (Å²) in [6.45, 7) is 7.12. The third-order valence-electron chi connectivity index (χ3n) is 5.02. The molecule has 0 radical (unpaired) electrons. The average Bonchev–Trinajstić information content (AvgIpc) is 3.21. The number of aromatic nitrogens is 2. The Morgan fingerprint density at radius 3 is 2.67 bits per heavy atom. The van der Waals surface area contributed by atoms with Crippen molar-refractivity contribution in [3.63, 3.8) is 0 Å². The molecule has 156 valence electrons. The third-order valence-corrected chi connectivity index (χ3v) is 5.84. The number of amides is 1. The second-order valence-corrected chi connectivity index (χ2v) is 9.21. The van der Waals surface area contributed by atoms with Crippen molar-refractivity contribution in [1.82, 2.24) is 15.5 Å². The number of nitrogens with one attached hydrogen (secondary N) is 1. The van der Waals surface area contributed by atoms with Gasteiger partial charge < -0.3 is 14.5 Å². The smallest absolute Gasteiger partial charge is 0.277 e. The summed E-state index contributed by atoms with van der Waals surface area (Å²) >= 11 is 1.24. The van der Waals surface area contributed by atoms with Crippen molar-refractivity contribution >= 4 is 17.7 Å². The quantitative estimate of drug-likeness (QED) is 0.596. The third kappa shape index (κ3) is 4.67. The molecule has 1 N–H and O–H groups in total. The van der Waals surface area contributed by atoms with Gasteiger partial charge in [-0.2, -0.15) is 0 Å². The molecule has 4 rings (SSSR count). The number of thioether (sulfide) groups is 1. The summed E-state index contributed by atoms with van der Waals surface area (Å²) in [6, 6.07) is 15.9. The summed E-state index contributed by atoms with van der Waals surface area (Å²) in [5.41, 5.74) is 3.21. The Morgan fingerprint density at radius 1 is 1.13 bits per heavy atom. The fourth-order valence-electron chi connectivity index (χ4n) is 3.35. The molecule has 7 heteroatoms. The highest BCUT2D eigenvalue weighted by atomic mass is 32.2. The second kappa shape index (κ2) is 8.52. The molecule has 1 aliphatic rings. The van der Waals surface area contributed by atoms with Crippen LogP contribution in [0.4, 0.5) is 0 Å². The Labute approximate surface area is 180 Å². The van der Waals surface area contributed by atoms with Crippen LogP contribution in [0.3, 0.4) is 0 Å². The zero-order chi connectivity index (χ0) is 21.1. The fourth-order valence-corrected chi connectivity index (χ4v) is 3.93. The number of benzene rings is 2. The van der Waals surface area contributed by atoms with Crippen molar-refractivity contribution in [3.05, 3.63) is 59.7 Å². The highest BCUT2D eigenvalue weighted by Crippen LogP contribution is 2.32. The van der Waals surface area contributed by atoms with Crippen LogP contribution in [0.2, 0.25) is 0 Å². The molecule has 2 heterocycles. The molecule has 0 bridgehead atoms. The van der Waals surface area contributed by atoms with E-state index in [0.29, 0.717) is 17.7 Å². The second-order valence-electron chi connectivity index (χ2n) is 8.28. The minimum absolute atomic E-state index is 0.0392.